The van der Waals surface area contributed by atoms with Gasteiger partial charge in [0.15, 0.2) is 0 Å². The number of likely N-dealkylation sites (tertiary alicyclic amines) is 1. The fraction of sp³-hybridized carbons (Fsp3) is 0.581. The second-order valence-corrected chi connectivity index (χ2v) is 12.2. The fourth-order valence-electron chi connectivity index (χ4n) is 7.83. The van der Waals surface area contributed by atoms with Gasteiger partial charge in [0.05, 0.1) is 11.5 Å². The number of hydrogen-bond acceptors (Lipinski definition) is 3. The van der Waals surface area contributed by atoms with Crippen LogP contribution in [0.5, 0.6) is 5.75 Å². The first-order valence-corrected chi connectivity index (χ1v) is 14.1. The third-order valence-electron chi connectivity index (χ3n) is 10.1. The van der Waals surface area contributed by atoms with E-state index in [1.54, 1.807) is 13.8 Å². The van der Waals surface area contributed by atoms with Crippen molar-refractivity contribution in [3.63, 3.8) is 0 Å². The molecule has 39 heavy (non-hydrogen) atoms. The van der Waals surface area contributed by atoms with Crippen LogP contribution in [-0.4, -0.2) is 34.7 Å². The van der Waals surface area contributed by atoms with E-state index in [1.807, 2.05) is 0 Å². The lowest BCUT2D eigenvalue weighted by molar-refractivity contribution is -0.142. The van der Waals surface area contributed by atoms with Crippen LogP contribution in [0.3, 0.4) is 0 Å². The molecule has 2 aromatic carbocycles. The molecule has 6 rings (SSSR count). The van der Waals surface area contributed by atoms with Gasteiger partial charge in [-0.25, -0.2) is 4.39 Å². The average molecular weight is 546 g/mol. The Morgan fingerprint density at radius 3 is 2.36 bits per heavy atom. The molecule has 1 N–H and O–H groups in total. The quantitative estimate of drug-likeness (QED) is 0.389. The summed E-state index contributed by atoms with van der Waals surface area (Å²) in [5, 5.41) is 9.71. The van der Waals surface area contributed by atoms with Gasteiger partial charge in [-0.1, -0.05) is 19.1 Å². The summed E-state index contributed by atoms with van der Waals surface area (Å²) < 4.78 is 62.2. The monoisotopic (exact) mass is 545 g/mol. The second kappa shape index (κ2) is 9.50. The summed E-state index contributed by atoms with van der Waals surface area (Å²) in [6.45, 7) is 4.72. The first-order valence-electron chi connectivity index (χ1n) is 14.1. The van der Waals surface area contributed by atoms with E-state index >= 15 is 0 Å². The molecule has 3 fully saturated rings. The van der Waals surface area contributed by atoms with E-state index in [2.05, 4.69) is 23.1 Å². The van der Waals surface area contributed by atoms with Gasteiger partial charge in [0, 0.05) is 31.0 Å². The van der Waals surface area contributed by atoms with Crippen molar-refractivity contribution in [2.75, 3.05) is 13.1 Å². The molecule has 0 amide bonds. The normalized spacial score (nSPS) is 29.0. The minimum Gasteiger partial charge on any atom is -0.486 e. The number of carbonyl (C=O) groups is 1. The predicted molar refractivity (Wildman–Crippen MR) is 138 cm³/mol. The topological polar surface area (TPSA) is 49.8 Å². The van der Waals surface area contributed by atoms with Crippen molar-refractivity contribution in [3.05, 3.63) is 64.5 Å². The number of nitrogens with zero attached hydrogens (tertiary/aromatic N) is 1. The van der Waals surface area contributed by atoms with E-state index < -0.39 is 35.5 Å². The molecule has 1 spiro atoms. The van der Waals surface area contributed by atoms with Crippen LogP contribution >= 0.6 is 0 Å². The van der Waals surface area contributed by atoms with E-state index in [0.29, 0.717) is 19.0 Å². The van der Waals surface area contributed by atoms with Crippen molar-refractivity contribution < 1.29 is 32.2 Å². The molecule has 4 nitrogen and oxygen atoms in total. The first kappa shape index (κ1) is 26.6. The number of benzene rings is 2. The highest BCUT2D eigenvalue weighted by Crippen LogP contribution is 2.55. The molecule has 2 unspecified atom stereocenters. The van der Waals surface area contributed by atoms with E-state index in [9.17, 15) is 27.5 Å². The lowest BCUT2D eigenvalue weighted by atomic mass is 9.73. The van der Waals surface area contributed by atoms with Crippen LogP contribution in [0.4, 0.5) is 17.6 Å². The summed E-state index contributed by atoms with van der Waals surface area (Å²) in [4.78, 5) is 13.9. The van der Waals surface area contributed by atoms with Crippen LogP contribution in [0.1, 0.15) is 80.2 Å². The van der Waals surface area contributed by atoms with Crippen molar-refractivity contribution in [2.24, 2.45) is 23.7 Å². The molecule has 0 radical (unpaired) electrons. The molecule has 0 aromatic heterocycles. The van der Waals surface area contributed by atoms with Gasteiger partial charge in [-0.2, -0.15) is 13.2 Å². The van der Waals surface area contributed by atoms with Crippen LogP contribution in [0.2, 0.25) is 0 Å². The second-order valence-electron chi connectivity index (χ2n) is 12.2. The molecular weight excluding hydrogens is 510 g/mol. The molecule has 2 heterocycles. The molecule has 1 saturated heterocycles. The van der Waals surface area contributed by atoms with Gasteiger partial charge in [0.1, 0.15) is 17.2 Å². The molecule has 2 aromatic rings. The Kier molecular flexibility index (Phi) is 6.48. The lowest BCUT2D eigenvalue weighted by Gasteiger charge is -2.51. The zero-order valence-corrected chi connectivity index (χ0v) is 22.3. The van der Waals surface area contributed by atoms with Crippen molar-refractivity contribution >= 4 is 5.97 Å². The third-order valence-corrected chi connectivity index (χ3v) is 10.1. The van der Waals surface area contributed by atoms with E-state index in [1.165, 1.54) is 0 Å². The van der Waals surface area contributed by atoms with Crippen LogP contribution in [0, 0.1) is 29.5 Å². The SMILES string of the molecule is C[C@H](C(=O)O)C(c1ccc2c(c1)OC1(CC2)[C@@H]2CC[C@H]1CN([C@H](C)c1cc(F)ccc1C(F)(F)F)C2)C1CC1. The van der Waals surface area contributed by atoms with E-state index in [4.69, 9.17) is 4.74 Å². The van der Waals surface area contributed by atoms with Crippen LogP contribution < -0.4 is 4.74 Å². The molecule has 2 bridgehead atoms. The molecule has 2 saturated carbocycles. The summed E-state index contributed by atoms with van der Waals surface area (Å²) in [5.74, 6) is -0.408. The predicted octanol–water partition coefficient (Wildman–Crippen LogP) is 7.23. The Bertz CT molecular complexity index is 1260. The Balaban J connectivity index is 1.25. The van der Waals surface area contributed by atoms with Gasteiger partial charge in [-0.15, -0.1) is 0 Å². The number of piperidine rings is 1. The highest BCUT2D eigenvalue weighted by Gasteiger charge is 2.57. The Hall–Kier alpha value is -2.61. The minimum absolute atomic E-state index is 0.0175. The van der Waals surface area contributed by atoms with E-state index in [-0.39, 0.29) is 28.9 Å². The summed E-state index contributed by atoms with van der Waals surface area (Å²) in [5.41, 5.74) is 0.986. The number of ether oxygens (including phenoxy) is 1. The zero-order chi connectivity index (χ0) is 27.7. The number of halogens is 4. The molecule has 4 aliphatic rings. The number of carboxylic acid groups (broad SMARTS) is 1. The molecule has 2 aliphatic carbocycles. The zero-order valence-electron chi connectivity index (χ0n) is 22.3. The number of hydrogen-bond donors (Lipinski definition) is 1. The van der Waals surface area contributed by atoms with Crippen molar-refractivity contribution in [1.29, 1.82) is 0 Å². The Morgan fingerprint density at radius 2 is 1.74 bits per heavy atom. The largest absolute Gasteiger partial charge is 0.486 e. The van der Waals surface area contributed by atoms with Crippen LogP contribution in [0.25, 0.3) is 0 Å². The van der Waals surface area contributed by atoms with Gasteiger partial charge in [-0.3, -0.25) is 9.69 Å². The fourth-order valence-corrected chi connectivity index (χ4v) is 7.83. The van der Waals surface area contributed by atoms with E-state index in [0.717, 1.165) is 73.6 Å². The van der Waals surface area contributed by atoms with Crippen molar-refractivity contribution in [2.45, 2.75) is 76.1 Å². The average Bonchev–Trinajstić information content (AvgIpc) is 3.70. The summed E-state index contributed by atoms with van der Waals surface area (Å²) in [6, 6.07) is 8.40. The Morgan fingerprint density at radius 1 is 1.05 bits per heavy atom. The third kappa shape index (κ3) is 4.62. The molecule has 8 heteroatoms. The summed E-state index contributed by atoms with van der Waals surface area (Å²) in [6.07, 6.45) is 1.16. The number of alkyl halides is 3. The molecule has 2 aliphatic heterocycles. The number of aliphatic carboxylic acids is 1. The van der Waals surface area contributed by atoms with Crippen molar-refractivity contribution in [1.82, 2.24) is 4.90 Å². The summed E-state index contributed by atoms with van der Waals surface area (Å²) in [7, 11) is 0. The van der Waals surface area contributed by atoms with Gasteiger partial charge in [-0.05, 0) is 98.2 Å². The van der Waals surface area contributed by atoms with Gasteiger partial charge in [0.25, 0.3) is 0 Å². The van der Waals surface area contributed by atoms with Crippen LogP contribution in [-0.2, 0) is 17.4 Å². The van der Waals surface area contributed by atoms with Gasteiger partial charge >= 0.3 is 12.1 Å². The standard InChI is InChI=1S/C31H35F4NO3/c1-17(29(37)38)28(20-4-5-20)21-6-3-19-11-12-30(39-27(19)13-21)22-7-8-23(30)16-36(15-22)18(2)25-14-24(32)9-10-26(25)31(33,34)35/h3,6,9-10,13-14,17-18,20,22-23,28H,4-5,7-8,11-12,15-16H2,1-2H3,(H,37,38)/t17-,18+,22-,23+,28?,30?/m0/s1. The molecule has 210 valence electrons. The summed E-state index contributed by atoms with van der Waals surface area (Å²) >= 11 is 0. The van der Waals surface area contributed by atoms with Crippen molar-refractivity contribution in [3.8, 4) is 5.75 Å². The van der Waals surface area contributed by atoms with Gasteiger partial charge in [0.2, 0.25) is 0 Å². The minimum atomic E-state index is -4.54. The maximum Gasteiger partial charge on any atom is 0.416 e. The highest BCUT2D eigenvalue weighted by molar-refractivity contribution is 5.71. The molecule has 6 atom stereocenters. The maximum atomic E-state index is 14.1. The van der Waals surface area contributed by atoms with Crippen LogP contribution in [0.15, 0.2) is 36.4 Å². The number of rotatable bonds is 6. The Labute approximate surface area is 226 Å². The number of aryl methyl sites for hydroxylation is 1. The first-order chi connectivity index (χ1) is 18.5. The lowest BCUT2D eigenvalue weighted by Crippen LogP contribution is -2.58. The maximum absolute atomic E-state index is 14.1. The smallest absolute Gasteiger partial charge is 0.416 e. The molecular formula is C31H35F4NO3. The number of fused-ring (bicyclic) bond motifs is 1. The number of carboxylic acids is 1. The van der Waals surface area contributed by atoms with Gasteiger partial charge < -0.3 is 9.84 Å². The highest BCUT2D eigenvalue weighted by atomic mass is 19.4.